The zero-order chi connectivity index (χ0) is 23.0. The van der Waals surface area contributed by atoms with Crippen LogP contribution in [0.5, 0.6) is 17.2 Å². The number of ether oxygens (including phenoxy) is 2. The lowest BCUT2D eigenvalue weighted by Gasteiger charge is -2.11. The molecule has 0 bridgehead atoms. The Balaban J connectivity index is 0.000000262. The van der Waals surface area contributed by atoms with Gasteiger partial charge in [0.1, 0.15) is 36.4 Å². The first-order valence-electron chi connectivity index (χ1n) is 8.62. The second-order valence-electron chi connectivity index (χ2n) is 6.02. The highest BCUT2D eigenvalue weighted by Crippen LogP contribution is 2.35. The van der Waals surface area contributed by atoms with Gasteiger partial charge in [-0.05, 0) is 106 Å². The van der Waals surface area contributed by atoms with E-state index < -0.39 is 0 Å². The normalized spacial score (nSPS) is 9.97. The van der Waals surface area contributed by atoms with Gasteiger partial charge in [0, 0.05) is 11.1 Å². The van der Waals surface area contributed by atoms with Crippen LogP contribution in [0.2, 0.25) is 0 Å². The predicted octanol–water partition coefficient (Wildman–Crippen LogP) is 7.34. The first-order chi connectivity index (χ1) is 14.8. The molecule has 0 aromatic heterocycles. The summed E-state index contributed by atoms with van der Waals surface area (Å²) in [5.41, 5.74) is 2.10. The van der Waals surface area contributed by atoms with Crippen LogP contribution < -0.4 is 9.47 Å². The molecular formula is C22H16Br4O5. The van der Waals surface area contributed by atoms with Crippen molar-refractivity contribution >= 4 is 76.3 Å². The number of hydrogen-bond acceptors (Lipinski definition) is 5. The van der Waals surface area contributed by atoms with Crippen LogP contribution in [0.15, 0.2) is 66.4 Å². The Bertz CT molecular complexity index is 1040. The first-order valence-corrected chi connectivity index (χ1v) is 11.8. The molecule has 3 aromatic carbocycles. The quantitative estimate of drug-likeness (QED) is 0.276. The molecule has 5 nitrogen and oxygen atoms in total. The van der Waals surface area contributed by atoms with Gasteiger partial charge < -0.3 is 14.6 Å². The maximum atomic E-state index is 10.8. The molecule has 9 heteroatoms. The van der Waals surface area contributed by atoms with Gasteiger partial charge in [-0.2, -0.15) is 0 Å². The van der Waals surface area contributed by atoms with Crippen LogP contribution in [0.25, 0.3) is 0 Å². The highest BCUT2D eigenvalue weighted by molar-refractivity contribution is 9.11. The summed E-state index contributed by atoms with van der Waals surface area (Å²) >= 11 is 13.0. The highest BCUT2D eigenvalue weighted by atomic mass is 79.9. The van der Waals surface area contributed by atoms with Gasteiger partial charge >= 0.3 is 0 Å². The molecule has 3 aromatic rings. The number of methoxy groups -OCH3 is 1. The zero-order valence-electron chi connectivity index (χ0n) is 16.1. The smallest absolute Gasteiger partial charge is 0.150 e. The summed E-state index contributed by atoms with van der Waals surface area (Å²) in [7, 11) is 1.63. The van der Waals surface area contributed by atoms with E-state index in [1.54, 1.807) is 31.4 Å². The third-order valence-corrected chi connectivity index (χ3v) is 6.24. The van der Waals surface area contributed by atoms with E-state index in [4.69, 9.17) is 9.47 Å². The lowest BCUT2D eigenvalue weighted by atomic mass is 10.2. The zero-order valence-corrected chi connectivity index (χ0v) is 22.4. The molecule has 0 radical (unpaired) electrons. The van der Waals surface area contributed by atoms with Gasteiger partial charge in [0.25, 0.3) is 0 Å². The molecule has 0 unspecified atom stereocenters. The van der Waals surface area contributed by atoms with Gasteiger partial charge in [-0.3, -0.25) is 9.59 Å². The molecular weight excluding hydrogens is 664 g/mol. The highest BCUT2D eigenvalue weighted by Gasteiger charge is 2.09. The van der Waals surface area contributed by atoms with E-state index in [0.717, 1.165) is 32.8 Å². The Morgan fingerprint density at radius 1 is 0.839 bits per heavy atom. The molecule has 0 fully saturated rings. The molecule has 0 aliphatic carbocycles. The third kappa shape index (κ3) is 7.45. The van der Waals surface area contributed by atoms with E-state index in [1.807, 2.05) is 24.3 Å². The topological polar surface area (TPSA) is 72.8 Å². The number of halogens is 4. The third-order valence-electron chi connectivity index (χ3n) is 3.85. The van der Waals surface area contributed by atoms with E-state index in [-0.39, 0.29) is 5.75 Å². The minimum atomic E-state index is 0.107. The van der Waals surface area contributed by atoms with Crippen molar-refractivity contribution in [1.29, 1.82) is 0 Å². The lowest BCUT2D eigenvalue weighted by Crippen LogP contribution is -1.98. The van der Waals surface area contributed by atoms with E-state index in [0.29, 0.717) is 32.4 Å². The standard InChI is InChI=1S/C15H12Br2O3.C7H4Br2O2/c1-19-12-4-2-3-10(5-12)9-20-15-13(16)6-11(8-18)7-14(15)17;8-5-1-4(3-10)2-6(9)7(5)11/h2-8H,9H2,1H3;1-3,11H. The van der Waals surface area contributed by atoms with E-state index >= 15 is 0 Å². The average molecular weight is 680 g/mol. The largest absolute Gasteiger partial charge is 0.506 e. The fourth-order valence-electron chi connectivity index (χ4n) is 2.36. The van der Waals surface area contributed by atoms with E-state index in [2.05, 4.69) is 63.7 Å². The molecule has 0 heterocycles. The molecule has 31 heavy (non-hydrogen) atoms. The van der Waals surface area contributed by atoms with Crippen molar-refractivity contribution in [3.63, 3.8) is 0 Å². The average Bonchev–Trinajstić information content (AvgIpc) is 2.76. The van der Waals surface area contributed by atoms with Crippen LogP contribution in [0.3, 0.4) is 0 Å². The van der Waals surface area contributed by atoms with Crippen LogP contribution in [0.4, 0.5) is 0 Å². The SMILES string of the molecule is COc1cccc(COc2c(Br)cc(C=O)cc2Br)c1.O=Cc1cc(Br)c(O)c(Br)c1. The van der Waals surface area contributed by atoms with E-state index in [9.17, 15) is 14.7 Å². The van der Waals surface area contributed by atoms with Crippen LogP contribution in [-0.2, 0) is 6.61 Å². The predicted molar refractivity (Wildman–Crippen MR) is 133 cm³/mol. The molecule has 0 aliphatic rings. The number of rotatable bonds is 6. The van der Waals surface area contributed by atoms with Crippen molar-refractivity contribution < 1.29 is 24.2 Å². The number of aromatic hydroxyl groups is 1. The summed E-state index contributed by atoms with van der Waals surface area (Å²) in [6, 6.07) is 14.2. The van der Waals surface area contributed by atoms with Crippen molar-refractivity contribution in [2.45, 2.75) is 6.61 Å². The number of carbonyl (C=O) groups is 2. The maximum absolute atomic E-state index is 10.8. The minimum absolute atomic E-state index is 0.107. The number of hydrogen-bond donors (Lipinski definition) is 1. The van der Waals surface area contributed by atoms with Gasteiger partial charge in [0.15, 0.2) is 0 Å². The van der Waals surface area contributed by atoms with Gasteiger partial charge in [-0.15, -0.1) is 0 Å². The minimum Gasteiger partial charge on any atom is -0.506 e. The number of carbonyl (C=O) groups excluding carboxylic acids is 2. The summed E-state index contributed by atoms with van der Waals surface area (Å²) in [5.74, 6) is 1.56. The van der Waals surface area contributed by atoms with Crippen LogP contribution in [0.1, 0.15) is 26.3 Å². The number of aldehydes is 2. The van der Waals surface area contributed by atoms with Crippen LogP contribution in [0, 0.1) is 0 Å². The summed E-state index contributed by atoms with van der Waals surface area (Å²) in [4.78, 5) is 21.1. The van der Waals surface area contributed by atoms with Crippen molar-refractivity contribution in [3.05, 3.63) is 83.1 Å². The van der Waals surface area contributed by atoms with Crippen LogP contribution in [-0.4, -0.2) is 24.8 Å². The van der Waals surface area contributed by atoms with Crippen molar-refractivity contribution in [1.82, 2.24) is 0 Å². The Hall–Kier alpha value is -1.68. The molecule has 1 N–H and O–H groups in total. The summed E-state index contributed by atoms with van der Waals surface area (Å²) in [6.45, 7) is 0.412. The Kier molecular flexibility index (Phi) is 10.2. The Labute approximate surface area is 213 Å². The fraction of sp³-hybridized carbons (Fsp3) is 0.0909. The van der Waals surface area contributed by atoms with Gasteiger partial charge in [0.2, 0.25) is 0 Å². The molecule has 0 amide bonds. The fourth-order valence-corrected chi connectivity index (χ4v) is 5.03. The second-order valence-corrected chi connectivity index (χ2v) is 9.44. The summed E-state index contributed by atoms with van der Waals surface area (Å²) in [5, 5.41) is 9.22. The monoisotopic (exact) mass is 676 g/mol. The Morgan fingerprint density at radius 3 is 1.84 bits per heavy atom. The molecule has 0 atom stereocenters. The number of phenolic OH excluding ortho intramolecular Hbond substituents is 1. The number of benzene rings is 3. The summed E-state index contributed by atoms with van der Waals surface area (Å²) < 4.78 is 13.4. The Morgan fingerprint density at radius 2 is 1.35 bits per heavy atom. The van der Waals surface area contributed by atoms with Gasteiger partial charge in [-0.1, -0.05) is 12.1 Å². The molecule has 0 aliphatic heterocycles. The van der Waals surface area contributed by atoms with Gasteiger partial charge in [-0.25, -0.2) is 0 Å². The lowest BCUT2D eigenvalue weighted by molar-refractivity contribution is 0.111. The van der Waals surface area contributed by atoms with Crippen molar-refractivity contribution in [2.75, 3.05) is 7.11 Å². The molecule has 0 saturated carbocycles. The van der Waals surface area contributed by atoms with Gasteiger partial charge in [0.05, 0.1) is 25.0 Å². The van der Waals surface area contributed by atoms with Crippen molar-refractivity contribution in [2.24, 2.45) is 0 Å². The molecule has 0 saturated heterocycles. The molecule has 162 valence electrons. The summed E-state index contributed by atoms with van der Waals surface area (Å²) in [6.07, 6.45) is 1.51. The molecule has 0 spiro atoms. The second kappa shape index (κ2) is 12.4. The maximum Gasteiger partial charge on any atom is 0.150 e. The first kappa shape index (κ1) is 25.6. The van der Waals surface area contributed by atoms with Crippen molar-refractivity contribution in [3.8, 4) is 17.2 Å². The molecule has 3 rings (SSSR count). The van der Waals surface area contributed by atoms with E-state index in [1.165, 1.54) is 0 Å². The number of phenols is 1. The van der Waals surface area contributed by atoms with Crippen LogP contribution >= 0.6 is 63.7 Å².